The van der Waals surface area contributed by atoms with E-state index in [2.05, 4.69) is 21.0 Å². The van der Waals surface area contributed by atoms with Gasteiger partial charge in [-0.05, 0) is 22.0 Å². The van der Waals surface area contributed by atoms with Crippen LogP contribution in [-0.2, 0) is 7.05 Å². The van der Waals surface area contributed by atoms with Crippen molar-refractivity contribution in [3.63, 3.8) is 0 Å². The Morgan fingerprint density at radius 1 is 1.33 bits per heavy atom. The summed E-state index contributed by atoms with van der Waals surface area (Å²) in [6, 6.07) is 2.96. The van der Waals surface area contributed by atoms with E-state index in [4.69, 9.17) is 10.5 Å². The van der Waals surface area contributed by atoms with Crippen molar-refractivity contribution < 1.29 is 13.5 Å². The van der Waals surface area contributed by atoms with Crippen LogP contribution in [-0.4, -0.2) is 16.9 Å². The lowest BCUT2D eigenvalue weighted by Crippen LogP contribution is -1.98. The first kappa shape index (κ1) is 12.8. The highest BCUT2D eigenvalue weighted by Gasteiger charge is 2.21. The summed E-state index contributed by atoms with van der Waals surface area (Å²) in [5, 5.41) is 4.10. The zero-order valence-corrected chi connectivity index (χ0v) is 11.3. The number of halogens is 3. The summed E-state index contributed by atoms with van der Waals surface area (Å²) in [6.07, 6.45) is 0. The van der Waals surface area contributed by atoms with Gasteiger partial charge in [-0.15, -0.1) is 0 Å². The maximum Gasteiger partial charge on any atom is 0.202 e. The molecule has 0 saturated carbocycles. The third kappa shape index (κ3) is 1.94. The summed E-state index contributed by atoms with van der Waals surface area (Å²) in [4.78, 5) is 0. The number of methoxy groups -OCH3 is 1. The average Bonchev–Trinajstić information content (AvgIpc) is 2.66. The van der Waals surface area contributed by atoms with Gasteiger partial charge >= 0.3 is 0 Å². The number of benzene rings is 1. The molecule has 0 aliphatic rings. The van der Waals surface area contributed by atoms with Crippen LogP contribution in [0.1, 0.15) is 0 Å². The number of rotatable bonds is 2. The van der Waals surface area contributed by atoms with Crippen molar-refractivity contribution in [2.45, 2.75) is 0 Å². The highest BCUT2D eigenvalue weighted by Crippen LogP contribution is 2.37. The molecular formula is C11H10BrF2N3O. The summed E-state index contributed by atoms with van der Waals surface area (Å²) in [5.74, 6) is -1.85. The van der Waals surface area contributed by atoms with Crippen LogP contribution in [0, 0.1) is 11.6 Å². The number of hydrogen-bond acceptors (Lipinski definition) is 3. The molecule has 7 heteroatoms. The number of nitrogens with zero attached hydrogens (tertiary/aromatic N) is 2. The lowest BCUT2D eigenvalue weighted by molar-refractivity contribution is 0.372. The molecule has 18 heavy (non-hydrogen) atoms. The fourth-order valence-electron chi connectivity index (χ4n) is 1.58. The normalized spacial score (nSPS) is 10.7. The second-order valence-electron chi connectivity index (χ2n) is 3.65. The summed E-state index contributed by atoms with van der Waals surface area (Å²) >= 11 is 2.95. The quantitative estimate of drug-likeness (QED) is 0.866. The summed E-state index contributed by atoms with van der Waals surface area (Å²) in [7, 11) is 2.92. The van der Waals surface area contributed by atoms with Crippen molar-refractivity contribution in [1.82, 2.24) is 9.78 Å². The van der Waals surface area contributed by atoms with E-state index in [9.17, 15) is 8.78 Å². The first-order valence-corrected chi connectivity index (χ1v) is 5.76. The SMILES string of the molecule is COc1c(-c2cc(N)n(C)n2)cc(Br)c(F)c1F. The van der Waals surface area contributed by atoms with Crippen LogP contribution >= 0.6 is 15.9 Å². The molecule has 0 aliphatic heterocycles. The largest absolute Gasteiger partial charge is 0.493 e. The smallest absolute Gasteiger partial charge is 0.202 e. The highest BCUT2D eigenvalue weighted by molar-refractivity contribution is 9.10. The van der Waals surface area contributed by atoms with Gasteiger partial charge < -0.3 is 10.5 Å². The van der Waals surface area contributed by atoms with Crippen LogP contribution in [0.15, 0.2) is 16.6 Å². The molecule has 0 fully saturated rings. The predicted octanol–water partition coefficient (Wildman–Crippen LogP) is 2.72. The zero-order chi connectivity index (χ0) is 13.4. The molecule has 1 aromatic carbocycles. The summed E-state index contributed by atoms with van der Waals surface area (Å²) in [5.41, 5.74) is 6.39. The second kappa shape index (κ2) is 4.56. The van der Waals surface area contributed by atoms with Gasteiger partial charge in [0.2, 0.25) is 5.82 Å². The molecule has 4 nitrogen and oxygen atoms in total. The van der Waals surface area contributed by atoms with Gasteiger partial charge in [0.25, 0.3) is 0 Å². The maximum atomic E-state index is 13.7. The van der Waals surface area contributed by atoms with Gasteiger partial charge in [0, 0.05) is 18.7 Å². The van der Waals surface area contributed by atoms with E-state index >= 15 is 0 Å². The van der Waals surface area contributed by atoms with E-state index in [0.717, 1.165) is 0 Å². The Bertz CT molecular complexity index is 593. The third-order valence-corrected chi connectivity index (χ3v) is 3.09. The number of nitrogen functional groups attached to an aromatic ring is 1. The second-order valence-corrected chi connectivity index (χ2v) is 4.50. The Labute approximate surface area is 110 Å². The molecule has 1 aromatic heterocycles. The summed E-state index contributed by atoms with van der Waals surface area (Å²) < 4.78 is 33.5. The van der Waals surface area contributed by atoms with E-state index in [1.807, 2.05) is 0 Å². The molecule has 1 heterocycles. The van der Waals surface area contributed by atoms with Crippen molar-refractivity contribution in [3.8, 4) is 17.0 Å². The molecule has 0 unspecified atom stereocenters. The molecular weight excluding hydrogens is 308 g/mol. The molecule has 96 valence electrons. The van der Waals surface area contributed by atoms with Gasteiger partial charge in [0.1, 0.15) is 5.82 Å². The zero-order valence-electron chi connectivity index (χ0n) is 9.67. The molecule has 0 radical (unpaired) electrons. The first-order chi connectivity index (χ1) is 8.45. The predicted molar refractivity (Wildman–Crippen MR) is 67.2 cm³/mol. The third-order valence-electron chi connectivity index (χ3n) is 2.51. The Hall–Kier alpha value is -1.63. The van der Waals surface area contributed by atoms with E-state index < -0.39 is 11.6 Å². The van der Waals surface area contributed by atoms with Crippen molar-refractivity contribution in [2.24, 2.45) is 7.05 Å². The van der Waals surface area contributed by atoms with E-state index in [-0.39, 0.29) is 10.2 Å². The van der Waals surface area contributed by atoms with E-state index in [1.54, 1.807) is 13.1 Å². The number of aromatic nitrogens is 2. The molecule has 2 aromatic rings. The van der Waals surface area contributed by atoms with Crippen LogP contribution in [0.3, 0.4) is 0 Å². The van der Waals surface area contributed by atoms with Gasteiger partial charge in [-0.1, -0.05) is 0 Å². The number of nitrogens with two attached hydrogens (primary N) is 1. The van der Waals surface area contributed by atoms with Crippen LogP contribution < -0.4 is 10.5 Å². The van der Waals surface area contributed by atoms with Gasteiger partial charge in [-0.25, -0.2) is 4.39 Å². The van der Waals surface area contributed by atoms with Crippen LogP contribution in [0.2, 0.25) is 0 Å². The van der Waals surface area contributed by atoms with Crippen LogP contribution in [0.4, 0.5) is 14.6 Å². The minimum absolute atomic E-state index is 0.0000227. The molecule has 0 aliphatic carbocycles. The molecule has 2 rings (SSSR count). The number of hydrogen-bond donors (Lipinski definition) is 1. The van der Waals surface area contributed by atoms with Crippen LogP contribution in [0.25, 0.3) is 11.3 Å². The first-order valence-electron chi connectivity index (χ1n) is 4.97. The van der Waals surface area contributed by atoms with Gasteiger partial charge in [-0.2, -0.15) is 9.49 Å². The average molecular weight is 318 g/mol. The minimum atomic E-state index is -1.06. The van der Waals surface area contributed by atoms with Gasteiger partial charge in [0.15, 0.2) is 11.6 Å². The fraction of sp³-hybridized carbons (Fsp3) is 0.182. The molecule has 0 bridgehead atoms. The lowest BCUT2D eigenvalue weighted by Gasteiger charge is -2.09. The Balaban J connectivity index is 2.70. The Kier molecular flexibility index (Phi) is 3.25. The highest BCUT2D eigenvalue weighted by atomic mass is 79.9. The number of aryl methyl sites for hydroxylation is 1. The lowest BCUT2D eigenvalue weighted by atomic mass is 10.1. The number of anilines is 1. The van der Waals surface area contributed by atoms with E-state index in [1.165, 1.54) is 17.9 Å². The van der Waals surface area contributed by atoms with Crippen molar-refractivity contribution in [1.29, 1.82) is 0 Å². The van der Waals surface area contributed by atoms with Gasteiger partial charge in [-0.3, -0.25) is 4.68 Å². The van der Waals surface area contributed by atoms with Crippen LogP contribution in [0.5, 0.6) is 5.75 Å². The van der Waals surface area contributed by atoms with Crippen molar-refractivity contribution in [2.75, 3.05) is 12.8 Å². The maximum absolute atomic E-state index is 13.7. The molecule has 0 atom stereocenters. The molecule has 0 spiro atoms. The molecule has 2 N–H and O–H groups in total. The monoisotopic (exact) mass is 317 g/mol. The number of ether oxygens (including phenoxy) is 1. The topological polar surface area (TPSA) is 53.1 Å². The van der Waals surface area contributed by atoms with Gasteiger partial charge in [0.05, 0.1) is 17.3 Å². The minimum Gasteiger partial charge on any atom is -0.493 e. The fourth-order valence-corrected chi connectivity index (χ4v) is 1.98. The summed E-state index contributed by atoms with van der Waals surface area (Å²) in [6.45, 7) is 0. The standard InChI is InChI=1S/C11H10BrF2N3O/c1-17-8(15)4-7(16-17)5-3-6(12)9(13)10(14)11(5)18-2/h3-4H,15H2,1-2H3. The Morgan fingerprint density at radius 2 is 2.00 bits per heavy atom. The Morgan fingerprint density at radius 3 is 2.50 bits per heavy atom. The van der Waals surface area contributed by atoms with E-state index in [0.29, 0.717) is 17.1 Å². The molecule has 0 saturated heterocycles. The van der Waals surface area contributed by atoms with Crippen molar-refractivity contribution in [3.05, 3.63) is 28.2 Å². The molecule has 0 amide bonds. The van der Waals surface area contributed by atoms with Crippen molar-refractivity contribution >= 4 is 21.7 Å².